The van der Waals surface area contributed by atoms with Gasteiger partial charge in [-0.2, -0.15) is 0 Å². The van der Waals surface area contributed by atoms with E-state index in [-0.39, 0.29) is 25.0 Å². The molecule has 0 bridgehead atoms. The fourth-order valence-electron chi connectivity index (χ4n) is 1.12. The lowest BCUT2D eigenvalue weighted by atomic mass is 10.2. The van der Waals surface area contributed by atoms with Crippen molar-refractivity contribution in [2.24, 2.45) is 0 Å². The van der Waals surface area contributed by atoms with Gasteiger partial charge in [-0.1, -0.05) is 0 Å². The molecule has 0 aliphatic carbocycles. The summed E-state index contributed by atoms with van der Waals surface area (Å²) in [4.78, 5) is 21.9. The standard InChI is InChI=1S/C9H15NO4/c11-8-6-10-7-9(12)14-5-3-1-2-4-13-8/h10H,1-7H2. The van der Waals surface area contributed by atoms with Crippen LogP contribution in [0, 0.1) is 0 Å². The van der Waals surface area contributed by atoms with Crippen molar-refractivity contribution in [3.05, 3.63) is 0 Å². The Morgan fingerprint density at radius 3 is 1.86 bits per heavy atom. The zero-order chi connectivity index (χ0) is 10.2. The molecule has 5 nitrogen and oxygen atoms in total. The Morgan fingerprint density at radius 1 is 0.857 bits per heavy atom. The van der Waals surface area contributed by atoms with Gasteiger partial charge in [0.1, 0.15) is 0 Å². The first-order valence-corrected chi connectivity index (χ1v) is 4.81. The smallest absolute Gasteiger partial charge is 0.319 e. The minimum atomic E-state index is -0.321. The molecule has 1 aliphatic rings. The van der Waals surface area contributed by atoms with Crippen molar-refractivity contribution < 1.29 is 19.1 Å². The highest BCUT2D eigenvalue weighted by molar-refractivity contribution is 5.74. The van der Waals surface area contributed by atoms with Crippen LogP contribution in [0.4, 0.5) is 0 Å². The van der Waals surface area contributed by atoms with Crippen molar-refractivity contribution in [3.63, 3.8) is 0 Å². The molecule has 1 N–H and O–H groups in total. The zero-order valence-electron chi connectivity index (χ0n) is 8.08. The summed E-state index contributed by atoms with van der Waals surface area (Å²) < 4.78 is 9.79. The van der Waals surface area contributed by atoms with Crippen molar-refractivity contribution in [1.29, 1.82) is 0 Å². The van der Waals surface area contributed by atoms with Crippen LogP contribution in [0.5, 0.6) is 0 Å². The molecule has 1 rings (SSSR count). The third kappa shape index (κ3) is 4.81. The number of hydrogen-bond acceptors (Lipinski definition) is 5. The van der Waals surface area contributed by atoms with E-state index in [0.717, 1.165) is 19.3 Å². The van der Waals surface area contributed by atoms with Crippen molar-refractivity contribution in [3.8, 4) is 0 Å². The third-order valence-electron chi connectivity index (χ3n) is 1.85. The molecule has 0 atom stereocenters. The van der Waals surface area contributed by atoms with Gasteiger partial charge < -0.3 is 9.47 Å². The van der Waals surface area contributed by atoms with Gasteiger partial charge in [0.2, 0.25) is 0 Å². The number of rotatable bonds is 0. The number of carbonyl (C=O) groups is 2. The molecule has 0 aromatic heterocycles. The molecule has 0 aromatic carbocycles. The lowest BCUT2D eigenvalue weighted by Gasteiger charge is -2.09. The van der Waals surface area contributed by atoms with E-state index < -0.39 is 0 Å². The fraction of sp³-hybridized carbons (Fsp3) is 0.778. The fourth-order valence-corrected chi connectivity index (χ4v) is 1.12. The summed E-state index contributed by atoms with van der Waals surface area (Å²) in [5.41, 5.74) is 0. The van der Waals surface area contributed by atoms with Gasteiger partial charge in [-0.25, -0.2) is 0 Å². The molecule has 5 heteroatoms. The van der Waals surface area contributed by atoms with Crippen molar-refractivity contribution in [2.45, 2.75) is 19.3 Å². The molecule has 1 saturated heterocycles. The molecule has 80 valence electrons. The van der Waals surface area contributed by atoms with E-state index in [9.17, 15) is 9.59 Å². The Balaban J connectivity index is 2.28. The molecule has 0 unspecified atom stereocenters. The molecule has 0 radical (unpaired) electrons. The molecule has 14 heavy (non-hydrogen) atoms. The quantitative estimate of drug-likeness (QED) is 0.552. The van der Waals surface area contributed by atoms with E-state index >= 15 is 0 Å². The first kappa shape index (κ1) is 11.0. The van der Waals surface area contributed by atoms with E-state index in [0.29, 0.717) is 13.2 Å². The summed E-state index contributed by atoms with van der Waals surface area (Å²) >= 11 is 0. The van der Waals surface area contributed by atoms with Crippen LogP contribution in [0.25, 0.3) is 0 Å². The van der Waals surface area contributed by atoms with Crippen LogP contribution in [-0.4, -0.2) is 38.2 Å². The molecule has 0 amide bonds. The Kier molecular flexibility index (Phi) is 4.99. The van der Waals surface area contributed by atoms with E-state index in [1.807, 2.05) is 0 Å². The number of nitrogens with one attached hydrogen (secondary N) is 1. The highest BCUT2D eigenvalue weighted by Crippen LogP contribution is 1.97. The lowest BCUT2D eigenvalue weighted by Crippen LogP contribution is -2.31. The predicted molar refractivity (Wildman–Crippen MR) is 48.6 cm³/mol. The first-order valence-electron chi connectivity index (χ1n) is 4.81. The van der Waals surface area contributed by atoms with Gasteiger partial charge in [0.15, 0.2) is 0 Å². The maximum absolute atomic E-state index is 11.0. The Hall–Kier alpha value is -1.10. The average molecular weight is 201 g/mol. The second-order valence-electron chi connectivity index (χ2n) is 3.11. The van der Waals surface area contributed by atoms with Crippen molar-refractivity contribution >= 4 is 11.9 Å². The van der Waals surface area contributed by atoms with Gasteiger partial charge in [-0.05, 0) is 19.3 Å². The maximum Gasteiger partial charge on any atom is 0.319 e. The van der Waals surface area contributed by atoms with Gasteiger partial charge in [-0.15, -0.1) is 0 Å². The van der Waals surface area contributed by atoms with Crippen LogP contribution in [0.1, 0.15) is 19.3 Å². The predicted octanol–water partition coefficient (Wildman–Crippen LogP) is -0.154. The monoisotopic (exact) mass is 201 g/mol. The zero-order valence-corrected chi connectivity index (χ0v) is 8.08. The molecular formula is C9H15NO4. The largest absolute Gasteiger partial charge is 0.465 e. The van der Waals surface area contributed by atoms with Gasteiger partial charge in [-0.3, -0.25) is 14.9 Å². The summed E-state index contributed by atoms with van der Waals surface area (Å²) in [5, 5.41) is 2.65. The topological polar surface area (TPSA) is 64.6 Å². The molecule has 0 spiro atoms. The molecule has 1 aliphatic heterocycles. The highest BCUT2D eigenvalue weighted by atomic mass is 16.5. The van der Waals surface area contributed by atoms with E-state index in [1.54, 1.807) is 0 Å². The average Bonchev–Trinajstić information content (AvgIpc) is 2.14. The lowest BCUT2D eigenvalue weighted by molar-refractivity contribution is -0.144. The van der Waals surface area contributed by atoms with E-state index in [4.69, 9.17) is 9.47 Å². The number of hydrogen-bond donors (Lipinski definition) is 1. The van der Waals surface area contributed by atoms with E-state index in [1.165, 1.54) is 0 Å². The van der Waals surface area contributed by atoms with Crippen LogP contribution in [0.15, 0.2) is 0 Å². The van der Waals surface area contributed by atoms with Gasteiger partial charge >= 0.3 is 11.9 Å². The van der Waals surface area contributed by atoms with Crippen molar-refractivity contribution in [2.75, 3.05) is 26.3 Å². The molecule has 0 aromatic rings. The molecule has 1 fully saturated rings. The second kappa shape index (κ2) is 6.37. The molecule has 0 saturated carbocycles. The van der Waals surface area contributed by atoms with Crippen LogP contribution in [-0.2, 0) is 19.1 Å². The molecule has 1 heterocycles. The number of carbonyl (C=O) groups excluding carboxylic acids is 2. The van der Waals surface area contributed by atoms with Gasteiger partial charge in [0.05, 0.1) is 26.3 Å². The summed E-state index contributed by atoms with van der Waals surface area (Å²) in [5.74, 6) is -0.642. The highest BCUT2D eigenvalue weighted by Gasteiger charge is 2.07. The summed E-state index contributed by atoms with van der Waals surface area (Å²) in [6.07, 6.45) is 2.56. The minimum Gasteiger partial charge on any atom is -0.465 e. The number of esters is 2. The maximum atomic E-state index is 11.0. The molecular weight excluding hydrogens is 186 g/mol. The SMILES string of the molecule is O=C1CNCC(=O)OCCCCCO1. The van der Waals surface area contributed by atoms with Gasteiger partial charge in [0, 0.05) is 0 Å². The summed E-state index contributed by atoms with van der Waals surface area (Å²) in [7, 11) is 0. The van der Waals surface area contributed by atoms with Crippen LogP contribution in [0.3, 0.4) is 0 Å². The summed E-state index contributed by atoms with van der Waals surface area (Å²) in [6.45, 7) is 1.03. The number of cyclic esters (lactones) is 2. The van der Waals surface area contributed by atoms with Crippen LogP contribution in [0.2, 0.25) is 0 Å². The van der Waals surface area contributed by atoms with Crippen LogP contribution < -0.4 is 5.32 Å². The normalized spacial score (nSPS) is 21.4. The minimum absolute atomic E-state index is 0.0646. The van der Waals surface area contributed by atoms with Gasteiger partial charge in [0.25, 0.3) is 0 Å². The van der Waals surface area contributed by atoms with Crippen molar-refractivity contribution in [1.82, 2.24) is 5.32 Å². The van der Waals surface area contributed by atoms with Crippen LogP contribution >= 0.6 is 0 Å². The van der Waals surface area contributed by atoms with E-state index in [2.05, 4.69) is 5.32 Å². The Bertz CT molecular complexity index is 185. The number of ether oxygens (including phenoxy) is 2. The second-order valence-corrected chi connectivity index (χ2v) is 3.11. The Labute approximate surface area is 82.8 Å². The Morgan fingerprint density at radius 2 is 1.36 bits per heavy atom. The first-order chi connectivity index (χ1) is 6.79. The summed E-state index contributed by atoms with van der Waals surface area (Å²) in [6, 6.07) is 0. The third-order valence-corrected chi connectivity index (χ3v) is 1.85.